The molecule has 0 fully saturated rings. The fraction of sp³-hybridized carbons (Fsp3) is 0.158. The number of carbonyl (C=O) groups excluding carboxylic acids is 2. The van der Waals surface area contributed by atoms with Gasteiger partial charge in [0.15, 0.2) is 12.6 Å². The van der Waals surface area contributed by atoms with Crippen molar-refractivity contribution in [3.63, 3.8) is 0 Å². The van der Waals surface area contributed by atoms with Gasteiger partial charge in [-0.05, 0) is 42.8 Å². The zero-order chi connectivity index (χ0) is 17.4. The highest BCUT2D eigenvalue weighted by atomic mass is 16.6. The summed E-state index contributed by atoms with van der Waals surface area (Å²) in [6, 6.07) is 13.4. The lowest BCUT2D eigenvalue weighted by atomic mass is 10.0. The van der Waals surface area contributed by atoms with Gasteiger partial charge >= 0.3 is 5.97 Å². The lowest BCUT2D eigenvalue weighted by molar-refractivity contribution is -0.137. The summed E-state index contributed by atoms with van der Waals surface area (Å²) in [7, 11) is 0. The van der Waals surface area contributed by atoms with E-state index < -0.39 is 12.8 Å². The molecule has 0 spiro atoms. The first-order chi connectivity index (χ1) is 11.6. The van der Waals surface area contributed by atoms with Gasteiger partial charge in [0.1, 0.15) is 5.75 Å². The maximum Gasteiger partial charge on any atom is 0.330 e. The standard InChI is InChI=1S/C19H18O5/c1-2-23-18(21)12-5-14-3-6-15(7-4-14)19(22)16-8-10-17(11-9-16)24-13-20/h3-12,20H,2,13H2,1H3. The molecule has 0 aliphatic heterocycles. The van der Waals surface area contributed by atoms with Gasteiger partial charge in [-0.3, -0.25) is 4.79 Å². The predicted octanol–water partition coefficient (Wildman–Crippen LogP) is 2.82. The van der Waals surface area contributed by atoms with Crippen molar-refractivity contribution in [1.82, 2.24) is 0 Å². The van der Waals surface area contributed by atoms with Gasteiger partial charge in [0, 0.05) is 17.2 Å². The Morgan fingerprint density at radius 3 is 2.12 bits per heavy atom. The van der Waals surface area contributed by atoms with Gasteiger partial charge in [-0.1, -0.05) is 24.3 Å². The topological polar surface area (TPSA) is 72.8 Å². The Balaban J connectivity index is 2.06. The second-order valence-corrected chi connectivity index (χ2v) is 4.83. The number of hydrogen-bond acceptors (Lipinski definition) is 5. The molecule has 0 saturated heterocycles. The van der Waals surface area contributed by atoms with Crippen LogP contribution < -0.4 is 4.74 Å². The fourth-order valence-electron chi connectivity index (χ4n) is 2.04. The zero-order valence-corrected chi connectivity index (χ0v) is 13.3. The van der Waals surface area contributed by atoms with E-state index in [9.17, 15) is 9.59 Å². The second kappa shape index (κ2) is 8.64. The molecule has 0 heterocycles. The average Bonchev–Trinajstić information content (AvgIpc) is 2.61. The SMILES string of the molecule is CCOC(=O)C=Cc1ccc(C(=O)c2ccc(OCO)cc2)cc1. The minimum absolute atomic E-state index is 0.119. The molecular weight excluding hydrogens is 308 g/mol. The van der Waals surface area contributed by atoms with Gasteiger partial charge in [-0.15, -0.1) is 0 Å². The van der Waals surface area contributed by atoms with Crippen molar-refractivity contribution in [3.05, 3.63) is 71.3 Å². The summed E-state index contributed by atoms with van der Waals surface area (Å²) in [5.41, 5.74) is 1.86. The van der Waals surface area contributed by atoms with E-state index in [0.29, 0.717) is 23.5 Å². The molecule has 0 unspecified atom stereocenters. The number of aliphatic hydroxyl groups excluding tert-OH is 1. The summed E-state index contributed by atoms with van der Waals surface area (Å²) in [6.07, 6.45) is 2.98. The Morgan fingerprint density at radius 2 is 1.58 bits per heavy atom. The molecular formula is C19H18O5. The van der Waals surface area contributed by atoms with Gasteiger partial charge in [0.2, 0.25) is 0 Å². The smallest absolute Gasteiger partial charge is 0.330 e. The van der Waals surface area contributed by atoms with Gasteiger partial charge in [-0.25, -0.2) is 4.79 Å². The number of carbonyl (C=O) groups is 2. The molecule has 24 heavy (non-hydrogen) atoms. The van der Waals surface area contributed by atoms with E-state index in [1.54, 1.807) is 61.5 Å². The lowest BCUT2D eigenvalue weighted by Gasteiger charge is -2.04. The highest BCUT2D eigenvalue weighted by Gasteiger charge is 2.09. The fourth-order valence-corrected chi connectivity index (χ4v) is 2.04. The Hall–Kier alpha value is -2.92. The normalized spacial score (nSPS) is 10.6. The molecule has 0 aromatic heterocycles. The Labute approximate surface area is 140 Å². The summed E-state index contributed by atoms with van der Waals surface area (Å²) < 4.78 is 9.73. The second-order valence-electron chi connectivity index (χ2n) is 4.83. The molecule has 2 aromatic carbocycles. The van der Waals surface area contributed by atoms with Gasteiger partial charge in [0.05, 0.1) is 6.61 Å². The van der Waals surface area contributed by atoms with Crippen molar-refractivity contribution in [2.24, 2.45) is 0 Å². The van der Waals surface area contributed by atoms with Crippen molar-refractivity contribution in [1.29, 1.82) is 0 Å². The van der Waals surface area contributed by atoms with Crippen LogP contribution in [-0.2, 0) is 9.53 Å². The molecule has 0 aliphatic carbocycles. The minimum Gasteiger partial charge on any atom is -0.468 e. The predicted molar refractivity (Wildman–Crippen MR) is 89.7 cm³/mol. The minimum atomic E-state index is -0.409. The molecule has 0 radical (unpaired) electrons. The molecule has 0 atom stereocenters. The highest BCUT2D eigenvalue weighted by molar-refractivity contribution is 6.09. The summed E-state index contributed by atoms with van der Waals surface area (Å²) in [4.78, 5) is 23.7. The Bertz CT molecular complexity index is 714. The van der Waals surface area contributed by atoms with Crippen molar-refractivity contribution in [2.75, 3.05) is 13.4 Å². The van der Waals surface area contributed by atoms with E-state index in [1.165, 1.54) is 6.08 Å². The number of aliphatic hydroxyl groups is 1. The molecule has 0 bridgehead atoms. The lowest BCUT2D eigenvalue weighted by Crippen LogP contribution is -2.02. The van der Waals surface area contributed by atoms with Crippen LogP contribution in [0.25, 0.3) is 6.08 Å². The number of benzene rings is 2. The van der Waals surface area contributed by atoms with Crippen LogP contribution in [-0.4, -0.2) is 30.3 Å². The monoisotopic (exact) mass is 326 g/mol. The Kier molecular flexibility index (Phi) is 6.28. The van der Waals surface area contributed by atoms with E-state index >= 15 is 0 Å². The zero-order valence-electron chi connectivity index (χ0n) is 13.3. The first-order valence-corrected chi connectivity index (χ1v) is 7.47. The third kappa shape index (κ3) is 4.79. The average molecular weight is 326 g/mol. The van der Waals surface area contributed by atoms with E-state index in [4.69, 9.17) is 14.6 Å². The van der Waals surface area contributed by atoms with Crippen LogP contribution in [0.5, 0.6) is 5.75 Å². The van der Waals surface area contributed by atoms with Gasteiger partial charge in [0.25, 0.3) is 0 Å². The van der Waals surface area contributed by atoms with E-state index in [2.05, 4.69) is 0 Å². The summed E-state index contributed by atoms with van der Waals surface area (Å²) in [5.74, 6) is -0.0252. The first-order valence-electron chi connectivity index (χ1n) is 7.47. The molecule has 124 valence electrons. The van der Waals surface area contributed by atoms with Crippen LogP contribution in [0.1, 0.15) is 28.4 Å². The number of ketones is 1. The van der Waals surface area contributed by atoms with Crippen molar-refractivity contribution < 1.29 is 24.2 Å². The molecule has 5 heteroatoms. The van der Waals surface area contributed by atoms with E-state index in [0.717, 1.165) is 5.56 Å². The molecule has 5 nitrogen and oxygen atoms in total. The largest absolute Gasteiger partial charge is 0.468 e. The number of hydrogen-bond donors (Lipinski definition) is 1. The molecule has 0 amide bonds. The highest BCUT2D eigenvalue weighted by Crippen LogP contribution is 2.16. The molecule has 2 aromatic rings. The van der Waals surface area contributed by atoms with Crippen LogP contribution in [0.15, 0.2) is 54.6 Å². The Morgan fingerprint density at radius 1 is 1.00 bits per heavy atom. The summed E-state index contributed by atoms with van der Waals surface area (Å²) in [6.45, 7) is 1.67. The molecule has 1 N–H and O–H groups in total. The number of esters is 1. The van der Waals surface area contributed by atoms with Gasteiger partial charge in [-0.2, -0.15) is 0 Å². The van der Waals surface area contributed by atoms with E-state index in [-0.39, 0.29) is 5.78 Å². The molecule has 2 rings (SSSR count). The van der Waals surface area contributed by atoms with Crippen molar-refractivity contribution in [3.8, 4) is 5.75 Å². The summed E-state index contributed by atoms with van der Waals surface area (Å²) >= 11 is 0. The maximum absolute atomic E-state index is 12.4. The van der Waals surface area contributed by atoms with Crippen molar-refractivity contribution in [2.45, 2.75) is 6.92 Å². The molecule has 0 saturated carbocycles. The van der Waals surface area contributed by atoms with Crippen LogP contribution >= 0.6 is 0 Å². The quantitative estimate of drug-likeness (QED) is 0.366. The third-order valence-corrected chi connectivity index (χ3v) is 3.22. The number of ether oxygens (including phenoxy) is 2. The van der Waals surface area contributed by atoms with Crippen LogP contribution in [0.3, 0.4) is 0 Å². The first kappa shape index (κ1) is 17.4. The third-order valence-electron chi connectivity index (χ3n) is 3.22. The van der Waals surface area contributed by atoms with Crippen molar-refractivity contribution >= 4 is 17.8 Å². The van der Waals surface area contributed by atoms with Gasteiger partial charge < -0.3 is 14.6 Å². The van der Waals surface area contributed by atoms with Crippen LogP contribution in [0, 0.1) is 0 Å². The van der Waals surface area contributed by atoms with E-state index in [1.807, 2.05) is 0 Å². The number of rotatable bonds is 7. The maximum atomic E-state index is 12.4. The van der Waals surface area contributed by atoms with Crippen LogP contribution in [0.4, 0.5) is 0 Å². The summed E-state index contributed by atoms with van der Waals surface area (Å²) in [5, 5.41) is 8.69. The molecule has 0 aliphatic rings. The van der Waals surface area contributed by atoms with Crippen LogP contribution in [0.2, 0.25) is 0 Å².